The standard InChI is InChI=1S/C11H15N5O4S/c1-20-9-2-3-10(8(6-9)4-5-17)21(18,19)12-7-11-13-15-16-14-11/h2-3,6,12,17H,4-5,7H2,1H3,(H,13,14,15,16). The van der Waals surface area contributed by atoms with Crippen LogP contribution in [-0.2, 0) is 23.0 Å². The van der Waals surface area contributed by atoms with Crippen LogP contribution in [0.5, 0.6) is 5.75 Å². The maximum Gasteiger partial charge on any atom is 0.241 e. The Hall–Kier alpha value is -2.04. The lowest BCUT2D eigenvalue weighted by atomic mass is 10.1. The molecule has 2 rings (SSSR count). The molecule has 0 spiro atoms. The number of methoxy groups -OCH3 is 1. The van der Waals surface area contributed by atoms with Gasteiger partial charge in [-0.3, -0.25) is 0 Å². The van der Waals surface area contributed by atoms with E-state index in [-0.39, 0.29) is 30.3 Å². The Balaban J connectivity index is 2.25. The molecule has 3 N–H and O–H groups in total. The zero-order valence-corrected chi connectivity index (χ0v) is 12.1. The van der Waals surface area contributed by atoms with Crippen molar-refractivity contribution in [2.45, 2.75) is 17.9 Å². The predicted molar refractivity (Wildman–Crippen MR) is 72.0 cm³/mol. The average Bonchev–Trinajstić information content (AvgIpc) is 2.99. The molecule has 10 heteroatoms. The van der Waals surface area contributed by atoms with E-state index in [1.165, 1.54) is 13.2 Å². The van der Waals surface area contributed by atoms with Gasteiger partial charge in [0.1, 0.15) is 5.75 Å². The second-order valence-electron chi connectivity index (χ2n) is 4.10. The monoisotopic (exact) mass is 313 g/mol. The first-order chi connectivity index (χ1) is 10.1. The minimum atomic E-state index is -3.75. The minimum Gasteiger partial charge on any atom is -0.497 e. The van der Waals surface area contributed by atoms with Gasteiger partial charge in [-0.1, -0.05) is 5.21 Å². The molecule has 0 bridgehead atoms. The lowest BCUT2D eigenvalue weighted by molar-refractivity contribution is 0.298. The Morgan fingerprint density at radius 3 is 2.86 bits per heavy atom. The fourth-order valence-electron chi connectivity index (χ4n) is 1.76. The van der Waals surface area contributed by atoms with E-state index in [0.29, 0.717) is 11.3 Å². The largest absolute Gasteiger partial charge is 0.497 e. The molecule has 0 radical (unpaired) electrons. The maximum absolute atomic E-state index is 12.3. The number of nitrogens with one attached hydrogen (secondary N) is 2. The van der Waals surface area contributed by atoms with Gasteiger partial charge < -0.3 is 9.84 Å². The first-order valence-corrected chi connectivity index (χ1v) is 7.55. The van der Waals surface area contributed by atoms with Crippen LogP contribution in [0.25, 0.3) is 0 Å². The molecule has 0 aliphatic heterocycles. The van der Waals surface area contributed by atoms with E-state index in [0.717, 1.165) is 0 Å². The Bertz CT molecular complexity index is 687. The molecule has 1 heterocycles. The lowest BCUT2D eigenvalue weighted by Gasteiger charge is -2.11. The Morgan fingerprint density at radius 1 is 1.43 bits per heavy atom. The Kier molecular flexibility index (Phi) is 4.83. The summed E-state index contributed by atoms with van der Waals surface area (Å²) in [5.74, 6) is 0.756. The van der Waals surface area contributed by atoms with E-state index >= 15 is 0 Å². The van der Waals surface area contributed by atoms with Crippen LogP contribution in [0.2, 0.25) is 0 Å². The van der Waals surface area contributed by atoms with E-state index in [1.54, 1.807) is 12.1 Å². The highest BCUT2D eigenvalue weighted by atomic mass is 32.2. The molecule has 114 valence electrons. The topological polar surface area (TPSA) is 130 Å². The highest BCUT2D eigenvalue weighted by molar-refractivity contribution is 7.89. The second kappa shape index (κ2) is 6.61. The summed E-state index contributed by atoms with van der Waals surface area (Å²) in [6, 6.07) is 4.56. The van der Waals surface area contributed by atoms with E-state index in [9.17, 15) is 8.42 Å². The molecule has 21 heavy (non-hydrogen) atoms. The van der Waals surface area contributed by atoms with Gasteiger partial charge in [-0.2, -0.15) is 5.21 Å². The van der Waals surface area contributed by atoms with Crippen LogP contribution in [0.15, 0.2) is 23.1 Å². The first-order valence-electron chi connectivity index (χ1n) is 6.06. The van der Waals surface area contributed by atoms with Crippen molar-refractivity contribution in [1.29, 1.82) is 0 Å². The zero-order valence-electron chi connectivity index (χ0n) is 11.3. The molecule has 0 fully saturated rings. The lowest BCUT2D eigenvalue weighted by Crippen LogP contribution is -2.25. The molecule has 0 atom stereocenters. The third-order valence-corrected chi connectivity index (χ3v) is 4.25. The molecule has 0 saturated carbocycles. The fourth-order valence-corrected chi connectivity index (χ4v) is 2.98. The van der Waals surface area contributed by atoms with Crippen molar-refractivity contribution in [2.24, 2.45) is 0 Å². The Morgan fingerprint density at radius 2 is 2.24 bits per heavy atom. The van der Waals surface area contributed by atoms with Crippen LogP contribution in [0.3, 0.4) is 0 Å². The third kappa shape index (κ3) is 3.74. The maximum atomic E-state index is 12.3. The number of hydrogen-bond donors (Lipinski definition) is 3. The summed E-state index contributed by atoms with van der Waals surface area (Å²) in [7, 11) is -2.27. The summed E-state index contributed by atoms with van der Waals surface area (Å²) < 4.78 is 32.0. The van der Waals surface area contributed by atoms with Crippen molar-refractivity contribution in [3.63, 3.8) is 0 Å². The quantitative estimate of drug-likeness (QED) is 0.611. The molecule has 0 aliphatic rings. The zero-order chi connectivity index (χ0) is 15.3. The SMILES string of the molecule is COc1ccc(S(=O)(=O)NCc2nn[nH]n2)c(CCO)c1. The van der Waals surface area contributed by atoms with Crippen molar-refractivity contribution in [3.8, 4) is 5.75 Å². The number of nitrogens with zero attached hydrogens (tertiary/aromatic N) is 3. The molecule has 1 aromatic heterocycles. The highest BCUT2D eigenvalue weighted by Gasteiger charge is 2.19. The number of rotatable bonds is 7. The van der Waals surface area contributed by atoms with Gasteiger partial charge in [0.2, 0.25) is 10.0 Å². The van der Waals surface area contributed by atoms with E-state index in [1.807, 2.05) is 0 Å². The van der Waals surface area contributed by atoms with Gasteiger partial charge in [-0.05, 0) is 30.2 Å². The van der Waals surface area contributed by atoms with Crippen LogP contribution < -0.4 is 9.46 Å². The van der Waals surface area contributed by atoms with Gasteiger partial charge in [-0.25, -0.2) is 13.1 Å². The molecule has 0 amide bonds. The van der Waals surface area contributed by atoms with Gasteiger partial charge in [0.15, 0.2) is 5.82 Å². The van der Waals surface area contributed by atoms with E-state index < -0.39 is 10.0 Å². The number of aromatic amines is 1. The number of benzene rings is 1. The number of tetrazole rings is 1. The summed E-state index contributed by atoms with van der Waals surface area (Å²) in [4.78, 5) is 0.0841. The van der Waals surface area contributed by atoms with Gasteiger partial charge in [0, 0.05) is 6.61 Å². The first kappa shape index (κ1) is 15.4. The molecular weight excluding hydrogens is 298 g/mol. The number of sulfonamides is 1. The van der Waals surface area contributed by atoms with Crippen molar-refractivity contribution in [3.05, 3.63) is 29.6 Å². The number of aliphatic hydroxyl groups excluding tert-OH is 1. The summed E-state index contributed by atoms with van der Waals surface area (Å²) in [6.45, 7) is -0.246. The van der Waals surface area contributed by atoms with Crippen LogP contribution in [0.1, 0.15) is 11.4 Å². The van der Waals surface area contributed by atoms with Gasteiger partial charge in [0.25, 0.3) is 0 Å². The van der Waals surface area contributed by atoms with Gasteiger partial charge in [0.05, 0.1) is 18.6 Å². The van der Waals surface area contributed by atoms with Crippen LogP contribution in [0, 0.1) is 0 Å². The molecule has 1 aromatic carbocycles. The Labute approximate surface area is 121 Å². The van der Waals surface area contributed by atoms with Crippen molar-refractivity contribution >= 4 is 10.0 Å². The number of ether oxygens (including phenoxy) is 1. The van der Waals surface area contributed by atoms with Gasteiger partial charge in [-0.15, -0.1) is 10.2 Å². The van der Waals surface area contributed by atoms with Gasteiger partial charge >= 0.3 is 0 Å². The van der Waals surface area contributed by atoms with Crippen LogP contribution >= 0.6 is 0 Å². The number of aromatic nitrogens is 4. The highest BCUT2D eigenvalue weighted by Crippen LogP contribution is 2.22. The summed E-state index contributed by atoms with van der Waals surface area (Å²) >= 11 is 0. The fraction of sp³-hybridized carbons (Fsp3) is 0.364. The normalized spacial score (nSPS) is 11.5. The molecular formula is C11H15N5O4S. The smallest absolute Gasteiger partial charge is 0.241 e. The average molecular weight is 313 g/mol. The van der Waals surface area contributed by atoms with Crippen LogP contribution in [0.4, 0.5) is 0 Å². The van der Waals surface area contributed by atoms with Crippen molar-refractivity contribution < 1.29 is 18.3 Å². The molecule has 2 aromatic rings. The second-order valence-corrected chi connectivity index (χ2v) is 5.84. The summed E-state index contributed by atoms with van der Waals surface area (Å²) in [5, 5.41) is 22.0. The molecule has 0 saturated heterocycles. The summed E-state index contributed by atoms with van der Waals surface area (Å²) in [5.41, 5.74) is 0.470. The van der Waals surface area contributed by atoms with E-state index in [2.05, 4.69) is 25.3 Å². The van der Waals surface area contributed by atoms with Crippen LogP contribution in [-0.4, -0.2) is 47.9 Å². The van der Waals surface area contributed by atoms with Crippen molar-refractivity contribution in [2.75, 3.05) is 13.7 Å². The van der Waals surface area contributed by atoms with Crippen molar-refractivity contribution in [1.82, 2.24) is 25.3 Å². The third-order valence-electron chi connectivity index (χ3n) is 2.75. The minimum absolute atomic E-state index is 0.0799. The molecule has 0 aliphatic carbocycles. The number of aliphatic hydroxyl groups is 1. The molecule has 9 nitrogen and oxygen atoms in total. The van der Waals surface area contributed by atoms with E-state index in [4.69, 9.17) is 9.84 Å². The number of H-pyrrole nitrogens is 1. The predicted octanol–water partition coefficient (Wildman–Crippen LogP) is -0.778. The molecule has 0 unspecified atom stereocenters. The summed E-state index contributed by atoms with van der Waals surface area (Å²) in [6.07, 6.45) is 0.204. The number of hydrogen-bond acceptors (Lipinski definition) is 7.